The Morgan fingerprint density at radius 3 is 2.32 bits per heavy atom. The monoisotopic (exact) mass is 301 g/mol. The van der Waals surface area contributed by atoms with Crippen LogP contribution >= 0.6 is 0 Å². The van der Waals surface area contributed by atoms with Gasteiger partial charge in [0.25, 0.3) is 11.4 Å². The molecule has 2 rings (SSSR count). The summed E-state index contributed by atoms with van der Waals surface area (Å²) in [6, 6.07) is 13.3. The Labute approximate surface area is 126 Å². The van der Waals surface area contributed by atoms with Gasteiger partial charge in [-0.25, -0.2) is 0 Å². The molecule has 0 heterocycles. The van der Waals surface area contributed by atoms with Crippen molar-refractivity contribution in [3.05, 3.63) is 74.3 Å². The maximum absolute atomic E-state index is 11.1. The molecule has 0 aromatic heterocycles. The molecule has 0 amide bonds. The third kappa shape index (κ3) is 3.57. The van der Waals surface area contributed by atoms with Crippen molar-refractivity contribution in [2.24, 2.45) is 0 Å². The predicted molar refractivity (Wildman–Crippen MR) is 83.1 cm³/mol. The number of nitrogens with one attached hydrogen (secondary N) is 1. The Morgan fingerprint density at radius 1 is 1.05 bits per heavy atom. The zero-order chi connectivity index (χ0) is 16.1. The number of rotatable bonds is 6. The molecule has 0 spiro atoms. The minimum atomic E-state index is -0.649. The molecule has 0 saturated carbocycles. The minimum absolute atomic E-state index is 0.149. The fourth-order valence-electron chi connectivity index (χ4n) is 2.10. The summed E-state index contributed by atoms with van der Waals surface area (Å²) in [6.07, 6.45) is 0. The number of nitrogens with zero attached hydrogens (tertiary/aromatic N) is 2. The van der Waals surface area contributed by atoms with Crippen LogP contribution in [0.3, 0.4) is 0 Å². The molecule has 0 aliphatic carbocycles. The minimum Gasteiger partial charge on any atom is -0.379 e. The van der Waals surface area contributed by atoms with Crippen LogP contribution in [0.25, 0.3) is 0 Å². The van der Waals surface area contributed by atoms with Gasteiger partial charge in [-0.1, -0.05) is 37.3 Å². The van der Waals surface area contributed by atoms with Gasteiger partial charge in [0.2, 0.25) is 0 Å². The van der Waals surface area contributed by atoms with Gasteiger partial charge in [-0.2, -0.15) is 0 Å². The van der Waals surface area contributed by atoms with Crippen LogP contribution in [0.4, 0.5) is 17.1 Å². The first-order chi connectivity index (χ1) is 10.5. The summed E-state index contributed by atoms with van der Waals surface area (Å²) in [5, 5.41) is 24.7. The van der Waals surface area contributed by atoms with E-state index in [0.29, 0.717) is 6.54 Å². The lowest BCUT2D eigenvalue weighted by Gasteiger charge is -2.14. The molecular weight excluding hydrogens is 286 g/mol. The van der Waals surface area contributed by atoms with Gasteiger partial charge in [0.05, 0.1) is 15.9 Å². The Kier molecular flexibility index (Phi) is 4.67. The van der Waals surface area contributed by atoms with E-state index in [1.165, 1.54) is 12.1 Å². The Balaban J connectivity index is 2.15. The lowest BCUT2D eigenvalue weighted by Crippen LogP contribution is -2.11. The van der Waals surface area contributed by atoms with Crippen molar-refractivity contribution >= 4 is 17.1 Å². The van der Waals surface area contributed by atoms with Crippen LogP contribution in [0.2, 0.25) is 0 Å². The molecule has 0 saturated heterocycles. The summed E-state index contributed by atoms with van der Waals surface area (Å²) in [5.74, 6) is 0.149. The zero-order valence-electron chi connectivity index (χ0n) is 11.9. The standard InChI is InChI=1S/C15H15N3O4/c1-11(12-5-3-2-4-6-12)10-16-14-8-7-13(17(19)20)9-15(14)18(21)22/h2-9,11,16H,10H2,1H3/t11-/m1/s1. The van der Waals surface area contributed by atoms with E-state index in [4.69, 9.17) is 0 Å². The summed E-state index contributed by atoms with van der Waals surface area (Å²) in [7, 11) is 0. The molecule has 22 heavy (non-hydrogen) atoms. The fraction of sp³-hybridized carbons (Fsp3) is 0.200. The number of nitro groups is 2. The second-order valence-electron chi connectivity index (χ2n) is 4.91. The average Bonchev–Trinajstić information content (AvgIpc) is 2.53. The summed E-state index contributed by atoms with van der Waals surface area (Å²) in [6.45, 7) is 2.49. The maximum atomic E-state index is 11.1. The second-order valence-corrected chi connectivity index (χ2v) is 4.91. The van der Waals surface area contributed by atoms with Crippen molar-refractivity contribution in [1.82, 2.24) is 0 Å². The lowest BCUT2D eigenvalue weighted by atomic mass is 10.0. The SMILES string of the molecule is C[C@H](CNc1ccc([N+](=O)[O-])cc1[N+](=O)[O-])c1ccccc1. The Bertz CT molecular complexity index is 688. The first-order valence-corrected chi connectivity index (χ1v) is 6.70. The molecule has 1 N–H and O–H groups in total. The molecule has 0 aliphatic rings. The van der Waals surface area contributed by atoms with Crippen molar-refractivity contribution in [1.29, 1.82) is 0 Å². The largest absolute Gasteiger partial charge is 0.379 e. The molecule has 0 unspecified atom stereocenters. The van der Waals surface area contributed by atoms with E-state index in [2.05, 4.69) is 5.32 Å². The average molecular weight is 301 g/mol. The van der Waals surface area contributed by atoms with Gasteiger partial charge >= 0.3 is 0 Å². The molecule has 1 atom stereocenters. The van der Waals surface area contributed by atoms with Gasteiger partial charge in [0.1, 0.15) is 5.69 Å². The molecule has 0 bridgehead atoms. The number of nitro benzene ring substituents is 2. The molecular formula is C15H15N3O4. The van der Waals surface area contributed by atoms with Gasteiger partial charge in [0, 0.05) is 12.6 Å². The molecule has 0 aliphatic heterocycles. The van der Waals surface area contributed by atoms with Crippen LogP contribution in [0.15, 0.2) is 48.5 Å². The van der Waals surface area contributed by atoms with Crippen molar-refractivity contribution in [2.75, 3.05) is 11.9 Å². The van der Waals surface area contributed by atoms with Gasteiger partial charge in [-0.05, 0) is 17.5 Å². The highest BCUT2D eigenvalue weighted by Crippen LogP contribution is 2.29. The first-order valence-electron chi connectivity index (χ1n) is 6.70. The zero-order valence-corrected chi connectivity index (χ0v) is 11.9. The smallest absolute Gasteiger partial charge is 0.299 e. The highest BCUT2D eigenvalue weighted by molar-refractivity contribution is 5.65. The van der Waals surface area contributed by atoms with E-state index in [1.807, 2.05) is 37.3 Å². The number of hydrogen-bond acceptors (Lipinski definition) is 5. The van der Waals surface area contributed by atoms with Crippen molar-refractivity contribution in [3.8, 4) is 0 Å². The van der Waals surface area contributed by atoms with E-state index in [0.717, 1.165) is 11.6 Å². The predicted octanol–water partition coefficient (Wildman–Crippen LogP) is 3.72. The Morgan fingerprint density at radius 2 is 1.73 bits per heavy atom. The van der Waals surface area contributed by atoms with Crippen molar-refractivity contribution < 1.29 is 9.85 Å². The first kappa shape index (κ1) is 15.4. The van der Waals surface area contributed by atoms with E-state index in [-0.39, 0.29) is 23.0 Å². The van der Waals surface area contributed by atoms with Crippen LogP contribution in [-0.2, 0) is 0 Å². The highest BCUT2D eigenvalue weighted by atomic mass is 16.6. The number of anilines is 1. The lowest BCUT2D eigenvalue weighted by molar-refractivity contribution is -0.393. The number of benzene rings is 2. The third-order valence-electron chi connectivity index (χ3n) is 3.36. The summed E-state index contributed by atoms with van der Waals surface area (Å²) in [5.41, 5.74) is 0.792. The van der Waals surface area contributed by atoms with Crippen molar-refractivity contribution in [3.63, 3.8) is 0 Å². The molecule has 2 aromatic rings. The van der Waals surface area contributed by atoms with Crippen LogP contribution in [-0.4, -0.2) is 16.4 Å². The quantitative estimate of drug-likeness (QED) is 0.647. The van der Waals surface area contributed by atoms with Crippen molar-refractivity contribution in [2.45, 2.75) is 12.8 Å². The van der Waals surface area contributed by atoms with Crippen LogP contribution < -0.4 is 5.32 Å². The van der Waals surface area contributed by atoms with E-state index >= 15 is 0 Å². The summed E-state index contributed by atoms with van der Waals surface area (Å²) in [4.78, 5) is 20.5. The highest BCUT2D eigenvalue weighted by Gasteiger charge is 2.19. The van der Waals surface area contributed by atoms with Crippen LogP contribution in [0.1, 0.15) is 18.4 Å². The van der Waals surface area contributed by atoms with Gasteiger partial charge in [0.15, 0.2) is 0 Å². The molecule has 7 nitrogen and oxygen atoms in total. The van der Waals surface area contributed by atoms with E-state index < -0.39 is 9.85 Å². The van der Waals surface area contributed by atoms with Crippen LogP contribution in [0.5, 0.6) is 0 Å². The summed E-state index contributed by atoms with van der Waals surface area (Å²) < 4.78 is 0. The molecule has 114 valence electrons. The number of hydrogen-bond donors (Lipinski definition) is 1. The topological polar surface area (TPSA) is 98.3 Å². The second kappa shape index (κ2) is 6.66. The molecule has 2 aromatic carbocycles. The van der Waals surface area contributed by atoms with Gasteiger partial charge < -0.3 is 5.32 Å². The molecule has 0 fully saturated rings. The Hall–Kier alpha value is -2.96. The van der Waals surface area contributed by atoms with Gasteiger partial charge in [-0.3, -0.25) is 20.2 Å². The molecule has 7 heteroatoms. The third-order valence-corrected chi connectivity index (χ3v) is 3.36. The molecule has 0 radical (unpaired) electrons. The fourth-order valence-corrected chi connectivity index (χ4v) is 2.10. The maximum Gasteiger partial charge on any atom is 0.299 e. The van der Waals surface area contributed by atoms with E-state index in [9.17, 15) is 20.2 Å². The van der Waals surface area contributed by atoms with Crippen LogP contribution in [0, 0.1) is 20.2 Å². The summed E-state index contributed by atoms with van der Waals surface area (Å²) >= 11 is 0. The normalized spacial score (nSPS) is 11.7. The number of non-ortho nitro benzene ring substituents is 1. The van der Waals surface area contributed by atoms with Gasteiger partial charge in [-0.15, -0.1) is 0 Å². The van der Waals surface area contributed by atoms with E-state index in [1.54, 1.807) is 0 Å².